The van der Waals surface area contributed by atoms with Crippen molar-refractivity contribution in [3.8, 4) is 0 Å². The van der Waals surface area contributed by atoms with E-state index in [-0.39, 0.29) is 29.7 Å². The predicted molar refractivity (Wildman–Crippen MR) is 92.3 cm³/mol. The van der Waals surface area contributed by atoms with E-state index in [1.165, 1.54) is 4.57 Å². The van der Waals surface area contributed by atoms with Gasteiger partial charge in [-0.05, 0) is 25.0 Å². The van der Waals surface area contributed by atoms with Crippen molar-refractivity contribution in [1.82, 2.24) is 29.5 Å². The first-order valence-corrected chi connectivity index (χ1v) is 8.70. The highest BCUT2D eigenvalue weighted by atomic mass is 16.2. The number of nitrogens with zero attached hydrogens (tertiary/aromatic N) is 5. The molecule has 130 valence electrons. The molecule has 1 N–H and O–H groups in total. The monoisotopic (exact) mass is 340 g/mol. The van der Waals surface area contributed by atoms with Gasteiger partial charge >= 0.3 is 0 Å². The standard InChI is InChI=1S/C17H20N6O2/c1-2-13-20-21-16-17(25)22(10-14(24)19-11-6-3-4-7-11)12-8-5-9-18-15(12)23(13)16/h5,8-9,11H,2-4,6-7,10H2,1H3,(H,19,24). The van der Waals surface area contributed by atoms with Gasteiger partial charge in [0.15, 0.2) is 5.65 Å². The van der Waals surface area contributed by atoms with E-state index >= 15 is 0 Å². The van der Waals surface area contributed by atoms with Crippen LogP contribution in [-0.2, 0) is 17.8 Å². The van der Waals surface area contributed by atoms with E-state index in [2.05, 4.69) is 20.5 Å². The Morgan fingerprint density at radius 1 is 1.28 bits per heavy atom. The third kappa shape index (κ3) is 2.67. The molecule has 0 spiro atoms. The number of carbonyl (C=O) groups is 1. The molecule has 0 radical (unpaired) electrons. The highest BCUT2D eigenvalue weighted by Gasteiger charge is 2.20. The summed E-state index contributed by atoms with van der Waals surface area (Å²) in [6.45, 7) is 1.91. The first-order valence-electron chi connectivity index (χ1n) is 8.70. The summed E-state index contributed by atoms with van der Waals surface area (Å²) in [5.74, 6) is 0.525. The van der Waals surface area contributed by atoms with Crippen molar-refractivity contribution in [1.29, 1.82) is 0 Å². The number of hydrogen-bond acceptors (Lipinski definition) is 5. The maximum Gasteiger partial charge on any atom is 0.297 e. The lowest BCUT2D eigenvalue weighted by Gasteiger charge is -2.14. The molecule has 3 aromatic heterocycles. The van der Waals surface area contributed by atoms with Gasteiger partial charge in [-0.15, -0.1) is 10.2 Å². The Labute approximate surface area is 143 Å². The molecule has 1 aliphatic carbocycles. The topological polar surface area (TPSA) is 94.2 Å². The molecule has 8 heteroatoms. The number of amides is 1. The van der Waals surface area contributed by atoms with Gasteiger partial charge < -0.3 is 5.32 Å². The van der Waals surface area contributed by atoms with Crippen molar-refractivity contribution in [2.75, 3.05) is 0 Å². The molecule has 1 saturated carbocycles. The second-order valence-electron chi connectivity index (χ2n) is 6.42. The molecule has 3 heterocycles. The average Bonchev–Trinajstić information content (AvgIpc) is 3.28. The van der Waals surface area contributed by atoms with E-state index in [9.17, 15) is 9.59 Å². The van der Waals surface area contributed by atoms with Crippen molar-refractivity contribution >= 4 is 22.7 Å². The number of pyridine rings is 1. The predicted octanol–water partition coefficient (Wildman–Crippen LogP) is 1.06. The Morgan fingerprint density at radius 3 is 2.84 bits per heavy atom. The van der Waals surface area contributed by atoms with Gasteiger partial charge in [0.2, 0.25) is 11.6 Å². The van der Waals surface area contributed by atoms with E-state index in [0.29, 0.717) is 23.4 Å². The minimum atomic E-state index is -0.325. The Morgan fingerprint density at radius 2 is 2.08 bits per heavy atom. The van der Waals surface area contributed by atoms with Crippen molar-refractivity contribution < 1.29 is 4.79 Å². The molecule has 25 heavy (non-hydrogen) atoms. The Hall–Kier alpha value is -2.77. The second kappa shape index (κ2) is 6.27. The quantitative estimate of drug-likeness (QED) is 0.766. The first-order chi connectivity index (χ1) is 12.2. The van der Waals surface area contributed by atoms with Crippen molar-refractivity contribution in [2.24, 2.45) is 0 Å². The van der Waals surface area contributed by atoms with Gasteiger partial charge in [0.25, 0.3) is 5.56 Å². The van der Waals surface area contributed by atoms with Gasteiger partial charge in [-0.3, -0.25) is 18.6 Å². The molecular formula is C17H20N6O2. The van der Waals surface area contributed by atoms with Crippen LogP contribution in [0.2, 0.25) is 0 Å². The maximum absolute atomic E-state index is 12.9. The van der Waals surface area contributed by atoms with Crippen molar-refractivity contribution in [3.63, 3.8) is 0 Å². The van der Waals surface area contributed by atoms with Crippen molar-refractivity contribution in [3.05, 3.63) is 34.5 Å². The van der Waals surface area contributed by atoms with E-state index in [4.69, 9.17) is 0 Å². The summed E-state index contributed by atoms with van der Waals surface area (Å²) in [5.41, 5.74) is 1.08. The lowest BCUT2D eigenvalue weighted by atomic mass is 10.2. The Bertz CT molecular complexity index is 999. The molecular weight excluding hydrogens is 320 g/mol. The molecule has 0 bridgehead atoms. The molecule has 1 fully saturated rings. The minimum absolute atomic E-state index is 0.0393. The highest BCUT2D eigenvalue weighted by Crippen LogP contribution is 2.18. The summed E-state index contributed by atoms with van der Waals surface area (Å²) in [6, 6.07) is 3.77. The van der Waals surface area contributed by atoms with Gasteiger partial charge in [0.1, 0.15) is 12.4 Å². The lowest BCUT2D eigenvalue weighted by Crippen LogP contribution is -2.38. The summed E-state index contributed by atoms with van der Waals surface area (Å²) in [7, 11) is 0. The third-order valence-electron chi connectivity index (χ3n) is 4.77. The molecule has 0 aromatic carbocycles. The van der Waals surface area contributed by atoms with E-state index in [1.807, 2.05) is 6.92 Å². The first kappa shape index (κ1) is 15.7. The smallest absolute Gasteiger partial charge is 0.297 e. The van der Waals surface area contributed by atoms with Crippen LogP contribution in [0.5, 0.6) is 0 Å². The van der Waals surface area contributed by atoms with Gasteiger partial charge in [-0.25, -0.2) is 4.98 Å². The largest absolute Gasteiger partial charge is 0.352 e. The van der Waals surface area contributed by atoms with E-state index in [1.54, 1.807) is 22.7 Å². The Kier molecular flexibility index (Phi) is 3.95. The molecule has 8 nitrogen and oxygen atoms in total. The number of rotatable bonds is 4. The number of carbonyl (C=O) groups excluding carboxylic acids is 1. The molecule has 0 saturated heterocycles. The molecule has 3 aromatic rings. The summed E-state index contributed by atoms with van der Waals surface area (Å²) in [5, 5.41) is 11.1. The number of fused-ring (bicyclic) bond motifs is 3. The van der Waals surface area contributed by atoms with Crippen LogP contribution in [0, 0.1) is 0 Å². The fourth-order valence-corrected chi connectivity index (χ4v) is 3.55. The highest BCUT2D eigenvalue weighted by molar-refractivity contribution is 5.80. The van der Waals surface area contributed by atoms with Crippen LogP contribution in [0.4, 0.5) is 0 Å². The SMILES string of the molecule is CCc1nnc2c(=O)n(CC(=O)NC3CCCC3)c3cccnc3n12. The normalized spacial score (nSPS) is 15.2. The van der Waals surface area contributed by atoms with E-state index < -0.39 is 0 Å². The van der Waals surface area contributed by atoms with Crippen LogP contribution in [0.25, 0.3) is 16.8 Å². The molecule has 0 atom stereocenters. The fraction of sp³-hybridized carbons (Fsp3) is 0.471. The molecule has 4 rings (SSSR count). The van der Waals surface area contributed by atoms with Crippen LogP contribution < -0.4 is 10.9 Å². The summed E-state index contributed by atoms with van der Waals surface area (Å²) < 4.78 is 3.12. The van der Waals surface area contributed by atoms with Crippen molar-refractivity contribution in [2.45, 2.75) is 51.6 Å². The molecule has 0 unspecified atom stereocenters. The minimum Gasteiger partial charge on any atom is -0.352 e. The van der Waals surface area contributed by atoms with Gasteiger partial charge in [-0.1, -0.05) is 19.8 Å². The van der Waals surface area contributed by atoms with Crippen LogP contribution >= 0.6 is 0 Å². The lowest BCUT2D eigenvalue weighted by molar-refractivity contribution is -0.122. The zero-order valence-electron chi connectivity index (χ0n) is 14.1. The third-order valence-corrected chi connectivity index (χ3v) is 4.77. The summed E-state index contributed by atoms with van der Waals surface area (Å²) in [6.07, 6.45) is 6.59. The molecule has 1 aliphatic rings. The number of aryl methyl sites for hydroxylation is 1. The van der Waals surface area contributed by atoms with Crippen LogP contribution in [0.15, 0.2) is 23.1 Å². The molecule has 1 amide bonds. The van der Waals surface area contributed by atoms with E-state index in [0.717, 1.165) is 25.7 Å². The Balaban J connectivity index is 1.81. The van der Waals surface area contributed by atoms with Gasteiger partial charge in [0.05, 0.1) is 5.52 Å². The second-order valence-corrected chi connectivity index (χ2v) is 6.42. The van der Waals surface area contributed by atoms with Crippen LogP contribution in [-0.4, -0.2) is 36.1 Å². The zero-order chi connectivity index (χ0) is 17.4. The number of nitrogens with one attached hydrogen (secondary N) is 1. The van der Waals surface area contributed by atoms with Gasteiger partial charge in [-0.2, -0.15) is 0 Å². The fourth-order valence-electron chi connectivity index (χ4n) is 3.55. The summed E-state index contributed by atoms with van der Waals surface area (Å²) >= 11 is 0. The van der Waals surface area contributed by atoms with Crippen LogP contribution in [0.3, 0.4) is 0 Å². The molecule has 0 aliphatic heterocycles. The average molecular weight is 340 g/mol. The maximum atomic E-state index is 12.9. The van der Waals surface area contributed by atoms with Gasteiger partial charge in [0, 0.05) is 18.7 Å². The van der Waals surface area contributed by atoms with Crippen LogP contribution in [0.1, 0.15) is 38.4 Å². The number of aromatic nitrogens is 5. The number of hydrogen-bond donors (Lipinski definition) is 1. The summed E-state index contributed by atoms with van der Waals surface area (Å²) in [4.78, 5) is 29.7. The zero-order valence-corrected chi connectivity index (χ0v) is 14.1.